The Kier molecular flexibility index (Phi) is 5.04. The highest BCUT2D eigenvalue weighted by Gasteiger charge is 2.58. The number of cyclic esters (lactones) is 1. The van der Waals surface area contributed by atoms with Gasteiger partial charge in [-0.2, -0.15) is 0 Å². The number of nitrogens with one attached hydrogen (secondary N) is 1. The summed E-state index contributed by atoms with van der Waals surface area (Å²) < 4.78 is 11.2. The third-order valence-corrected chi connectivity index (χ3v) is 5.97. The zero-order valence-corrected chi connectivity index (χ0v) is 15.8. The Labute approximate surface area is 160 Å². The first-order valence-electron chi connectivity index (χ1n) is 9.88. The van der Waals surface area contributed by atoms with Gasteiger partial charge in [0.2, 0.25) is 0 Å². The maximum absolute atomic E-state index is 12.7. The van der Waals surface area contributed by atoms with Crippen molar-refractivity contribution < 1.29 is 19.1 Å². The molecule has 144 valence electrons. The van der Waals surface area contributed by atoms with Crippen molar-refractivity contribution in [2.75, 3.05) is 0 Å². The molecule has 4 rings (SSSR count). The molecule has 6 atom stereocenters. The molecule has 27 heavy (non-hydrogen) atoms. The first-order chi connectivity index (χ1) is 13.0. The molecule has 5 heteroatoms. The van der Waals surface area contributed by atoms with Crippen molar-refractivity contribution in [3.63, 3.8) is 0 Å². The molecular weight excluding hydrogens is 342 g/mol. The average molecular weight is 369 g/mol. The van der Waals surface area contributed by atoms with E-state index in [1.165, 1.54) is 0 Å². The van der Waals surface area contributed by atoms with Crippen LogP contribution in [0.15, 0.2) is 42.5 Å². The first-order valence-corrected chi connectivity index (χ1v) is 9.88. The maximum Gasteiger partial charge on any atom is 0.323 e. The summed E-state index contributed by atoms with van der Waals surface area (Å²) in [4.78, 5) is 25.1. The summed E-state index contributed by atoms with van der Waals surface area (Å²) in [6.07, 6.45) is 5.61. The predicted octanol–water partition coefficient (Wildman–Crippen LogP) is 3.06. The van der Waals surface area contributed by atoms with E-state index in [9.17, 15) is 9.59 Å². The zero-order valence-electron chi connectivity index (χ0n) is 15.8. The molecule has 2 bridgehead atoms. The van der Waals surface area contributed by atoms with E-state index in [2.05, 4.69) is 31.3 Å². The fourth-order valence-corrected chi connectivity index (χ4v) is 4.76. The van der Waals surface area contributed by atoms with E-state index in [0.717, 1.165) is 12.0 Å². The Bertz CT molecular complexity index is 729. The molecule has 1 aliphatic heterocycles. The van der Waals surface area contributed by atoms with Crippen molar-refractivity contribution in [2.24, 2.45) is 29.6 Å². The van der Waals surface area contributed by atoms with Crippen LogP contribution in [0.5, 0.6) is 0 Å². The fourth-order valence-electron chi connectivity index (χ4n) is 4.76. The second-order valence-electron chi connectivity index (χ2n) is 8.35. The van der Waals surface area contributed by atoms with Crippen LogP contribution < -0.4 is 5.32 Å². The molecular formula is C22H27NO4. The summed E-state index contributed by atoms with van der Waals surface area (Å²) in [5.41, 5.74) is 0.958. The fraction of sp³-hybridized carbons (Fsp3) is 0.545. The number of carbonyl (C=O) groups excluding carboxylic acids is 2. The van der Waals surface area contributed by atoms with E-state index >= 15 is 0 Å². The molecule has 0 radical (unpaired) electrons. The second kappa shape index (κ2) is 7.47. The van der Waals surface area contributed by atoms with E-state index in [1.54, 1.807) is 0 Å². The normalized spacial score (nSPS) is 31.8. The van der Waals surface area contributed by atoms with Gasteiger partial charge in [-0.05, 0) is 36.2 Å². The van der Waals surface area contributed by atoms with E-state index < -0.39 is 12.3 Å². The first kappa shape index (κ1) is 18.2. The van der Waals surface area contributed by atoms with Crippen LogP contribution in [0.3, 0.4) is 0 Å². The van der Waals surface area contributed by atoms with Gasteiger partial charge in [0.1, 0.15) is 12.6 Å². The van der Waals surface area contributed by atoms with Gasteiger partial charge < -0.3 is 9.47 Å². The Morgan fingerprint density at radius 3 is 2.70 bits per heavy atom. The largest absolute Gasteiger partial charge is 0.460 e. The van der Waals surface area contributed by atoms with E-state index in [1.807, 2.05) is 30.3 Å². The second-order valence-corrected chi connectivity index (χ2v) is 8.35. The number of hydrogen-bond acceptors (Lipinski definition) is 5. The van der Waals surface area contributed by atoms with Gasteiger partial charge in [0, 0.05) is 5.92 Å². The molecule has 5 nitrogen and oxygen atoms in total. The molecule has 1 saturated carbocycles. The molecule has 0 unspecified atom stereocenters. The van der Waals surface area contributed by atoms with Gasteiger partial charge in [0.05, 0.1) is 5.92 Å². The Morgan fingerprint density at radius 1 is 1.22 bits per heavy atom. The lowest BCUT2D eigenvalue weighted by Crippen LogP contribution is -2.48. The Hall–Kier alpha value is -2.14. The van der Waals surface area contributed by atoms with Gasteiger partial charge in [-0.3, -0.25) is 14.9 Å². The maximum atomic E-state index is 12.7. The van der Waals surface area contributed by atoms with Gasteiger partial charge in [0.25, 0.3) is 0 Å². The average Bonchev–Trinajstić information content (AvgIpc) is 3.34. The summed E-state index contributed by atoms with van der Waals surface area (Å²) in [6.45, 7) is 4.39. The van der Waals surface area contributed by atoms with Crippen LogP contribution >= 0.6 is 0 Å². The van der Waals surface area contributed by atoms with Crippen LogP contribution in [-0.2, 0) is 25.7 Å². The quantitative estimate of drug-likeness (QED) is 0.591. The molecule has 1 aromatic rings. The molecule has 0 amide bonds. The highest BCUT2D eigenvalue weighted by atomic mass is 16.6. The predicted molar refractivity (Wildman–Crippen MR) is 100 cm³/mol. The van der Waals surface area contributed by atoms with Crippen molar-refractivity contribution in [2.45, 2.75) is 45.6 Å². The number of ether oxygens (including phenoxy) is 2. The number of allylic oxidation sites excluding steroid dienone is 2. The molecule has 3 aliphatic rings. The smallest absolute Gasteiger partial charge is 0.323 e. The lowest BCUT2D eigenvalue weighted by molar-refractivity contribution is -0.153. The number of rotatable bonds is 7. The molecule has 1 aromatic carbocycles. The number of hydrogen-bond donors (Lipinski definition) is 1. The summed E-state index contributed by atoms with van der Waals surface area (Å²) in [5.74, 6) is 0.638. The van der Waals surface area contributed by atoms with E-state index in [4.69, 9.17) is 9.47 Å². The van der Waals surface area contributed by atoms with Crippen molar-refractivity contribution >= 4 is 11.9 Å². The molecule has 1 saturated heterocycles. The summed E-state index contributed by atoms with van der Waals surface area (Å²) in [5, 5.41) is 3.32. The van der Waals surface area contributed by atoms with Crippen LogP contribution in [0.2, 0.25) is 0 Å². The third kappa shape index (κ3) is 3.65. The molecule has 1 N–H and O–H groups in total. The van der Waals surface area contributed by atoms with Crippen molar-refractivity contribution in [1.82, 2.24) is 5.32 Å². The van der Waals surface area contributed by atoms with Gasteiger partial charge in [-0.15, -0.1) is 0 Å². The minimum Gasteiger partial charge on any atom is -0.460 e. The topological polar surface area (TPSA) is 64.6 Å². The van der Waals surface area contributed by atoms with Gasteiger partial charge >= 0.3 is 11.9 Å². The summed E-state index contributed by atoms with van der Waals surface area (Å²) in [6, 6.07) is 9.17. The van der Waals surface area contributed by atoms with Crippen molar-refractivity contribution in [1.29, 1.82) is 0 Å². The minimum absolute atomic E-state index is 0.0578. The van der Waals surface area contributed by atoms with Gasteiger partial charge in [0.15, 0.2) is 6.23 Å². The van der Waals surface area contributed by atoms with Crippen LogP contribution in [0.4, 0.5) is 0 Å². The highest BCUT2D eigenvalue weighted by molar-refractivity contribution is 5.78. The summed E-state index contributed by atoms with van der Waals surface area (Å²) >= 11 is 0. The van der Waals surface area contributed by atoms with Crippen LogP contribution in [0, 0.1) is 29.6 Å². The van der Waals surface area contributed by atoms with Crippen LogP contribution in [-0.4, -0.2) is 24.2 Å². The van der Waals surface area contributed by atoms with E-state index in [-0.39, 0.29) is 30.4 Å². The molecule has 1 heterocycles. The van der Waals surface area contributed by atoms with Gasteiger partial charge in [-0.25, -0.2) is 0 Å². The van der Waals surface area contributed by atoms with Crippen LogP contribution in [0.25, 0.3) is 0 Å². The number of esters is 2. The zero-order chi connectivity index (χ0) is 19.0. The lowest BCUT2D eigenvalue weighted by Gasteiger charge is -2.27. The number of fused-ring (bicyclic) bond motifs is 5. The molecule has 0 spiro atoms. The highest BCUT2D eigenvalue weighted by Crippen LogP contribution is 2.53. The van der Waals surface area contributed by atoms with Crippen LogP contribution in [0.1, 0.15) is 32.3 Å². The Balaban J connectivity index is 1.42. The number of carbonyl (C=O) groups is 2. The monoisotopic (exact) mass is 369 g/mol. The minimum atomic E-state index is -0.478. The van der Waals surface area contributed by atoms with E-state index in [0.29, 0.717) is 24.2 Å². The number of benzene rings is 1. The van der Waals surface area contributed by atoms with Gasteiger partial charge in [-0.1, -0.05) is 56.3 Å². The van der Waals surface area contributed by atoms with Crippen molar-refractivity contribution in [3.8, 4) is 0 Å². The Morgan fingerprint density at radius 2 is 1.96 bits per heavy atom. The van der Waals surface area contributed by atoms with Crippen molar-refractivity contribution in [3.05, 3.63) is 48.0 Å². The molecule has 2 aliphatic carbocycles. The third-order valence-electron chi connectivity index (χ3n) is 5.97. The lowest BCUT2D eigenvalue weighted by atomic mass is 9.83. The molecule has 2 fully saturated rings. The molecule has 0 aromatic heterocycles. The standard InChI is InChI=1S/C22H27NO4/c1-13(2)10-17(21(24)26-12-14-6-4-3-5-7-14)23-20-18-15-8-9-16(11-15)19(18)22(25)27-20/h3-9,13,15-20,23H,10-12H2,1-2H3/t15-,16+,17-,18-,19+,20-/m0/s1. The SMILES string of the molecule is CC(C)C[C@H](N[C@H]1OC(=O)[C@H]2[C@@H]1[C@H]1C=C[C@@H]2C1)C(=O)OCc1ccccc1. The summed E-state index contributed by atoms with van der Waals surface area (Å²) in [7, 11) is 0.